The Hall–Kier alpha value is -3.26. The fourth-order valence-electron chi connectivity index (χ4n) is 3.12. The van der Waals surface area contributed by atoms with Gasteiger partial charge in [-0.1, -0.05) is 38.4 Å². The molecule has 0 aliphatic carbocycles. The van der Waals surface area contributed by atoms with Crippen LogP contribution < -0.4 is 15.4 Å². The highest BCUT2D eigenvalue weighted by Gasteiger charge is 2.21. The number of aromatic carboxylic acids is 1. The Morgan fingerprint density at radius 1 is 1.22 bits per heavy atom. The lowest BCUT2D eigenvalue weighted by molar-refractivity contribution is -0.128. The number of carbonyl (C=O) groups is 2. The molecule has 1 heterocycles. The van der Waals surface area contributed by atoms with Crippen molar-refractivity contribution in [3.63, 3.8) is 0 Å². The van der Waals surface area contributed by atoms with Gasteiger partial charge in [0.15, 0.2) is 0 Å². The van der Waals surface area contributed by atoms with Gasteiger partial charge in [0.05, 0.1) is 28.4 Å². The maximum absolute atomic E-state index is 12.2. The number of hydrogen-bond acceptors (Lipinski definition) is 5. The maximum Gasteiger partial charge on any atom is 0.339 e. The Labute approximate surface area is 191 Å². The van der Waals surface area contributed by atoms with Gasteiger partial charge in [-0.2, -0.15) is 0 Å². The molecular formula is C23H27ClN4O4. The highest BCUT2D eigenvalue weighted by atomic mass is 35.5. The Balaban J connectivity index is 1.91. The van der Waals surface area contributed by atoms with Gasteiger partial charge in [-0.15, -0.1) is 0 Å². The van der Waals surface area contributed by atoms with Gasteiger partial charge in [-0.05, 0) is 30.7 Å². The van der Waals surface area contributed by atoms with Crippen molar-refractivity contribution in [2.45, 2.75) is 34.2 Å². The molecule has 1 aromatic heterocycles. The van der Waals surface area contributed by atoms with Crippen molar-refractivity contribution in [2.75, 3.05) is 11.9 Å². The fourth-order valence-corrected chi connectivity index (χ4v) is 3.28. The van der Waals surface area contributed by atoms with E-state index in [2.05, 4.69) is 15.6 Å². The van der Waals surface area contributed by atoms with E-state index in [-0.39, 0.29) is 17.2 Å². The molecule has 8 nitrogen and oxygen atoms in total. The van der Waals surface area contributed by atoms with Crippen LogP contribution in [0.2, 0.25) is 5.02 Å². The molecule has 170 valence electrons. The Bertz CT molecular complexity index is 1180. The number of aromatic nitrogens is 2. The molecule has 3 rings (SSSR count). The summed E-state index contributed by atoms with van der Waals surface area (Å²) in [6.07, 6.45) is 0. The van der Waals surface area contributed by atoms with Gasteiger partial charge in [0, 0.05) is 25.1 Å². The number of ether oxygens (including phenoxy) is 1. The van der Waals surface area contributed by atoms with Crippen LogP contribution in [0.1, 0.15) is 43.6 Å². The largest absolute Gasteiger partial charge is 0.493 e. The third kappa shape index (κ3) is 4.96. The summed E-state index contributed by atoms with van der Waals surface area (Å²) >= 11 is 6.38. The quantitative estimate of drug-likeness (QED) is 0.472. The summed E-state index contributed by atoms with van der Waals surface area (Å²) in [5.41, 5.74) is 2.30. The van der Waals surface area contributed by atoms with Crippen molar-refractivity contribution in [1.82, 2.24) is 14.9 Å². The van der Waals surface area contributed by atoms with E-state index in [0.29, 0.717) is 40.8 Å². The minimum Gasteiger partial charge on any atom is -0.493 e. The third-order valence-electron chi connectivity index (χ3n) is 4.92. The summed E-state index contributed by atoms with van der Waals surface area (Å²) in [6.45, 7) is 8.08. The highest BCUT2D eigenvalue weighted by Crippen LogP contribution is 2.31. The Kier molecular flexibility index (Phi) is 6.64. The van der Waals surface area contributed by atoms with Gasteiger partial charge in [-0.3, -0.25) is 4.79 Å². The second-order valence-corrected chi connectivity index (χ2v) is 8.85. The van der Waals surface area contributed by atoms with Crippen molar-refractivity contribution in [2.24, 2.45) is 12.5 Å². The molecule has 0 saturated heterocycles. The van der Waals surface area contributed by atoms with Crippen LogP contribution in [0.4, 0.5) is 11.6 Å². The molecule has 0 fully saturated rings. The number of aryl methyl sites for hydroxylation is 1. The molecule has 3 aromatic rings. The molecule has 0 aliphatic rings. The van der Waals surface area contributed by atoms with E-state index in [9.17, 15) is 14.7 Å². The minimum absolute atomic E-state index is 0.0448. The number of imidazole rings is 1. The average Bonchev–Trinajstić information content (AvgIpc) is 3.02. The number of nitrogens with zero attached hydrogens (tertiary/aromatic N) is 2. The number of benzene rings is 2. The number of anilines is 2. The fraction of sp³-hybridized carbons (Fsp3) is 0.348. The number of nitrogens with one attached hydrogen (secondary N) is 2. The van der Waals surface area contributed by atoms with Gasteiger partial charge < -0.3 is 25.0 Å². The van der Waals surface area contributed by atoms with Gasteiger partial charge in [0.2, 0.25) is 11.9 Å². The first kappa shape index (κ1) is 23.4. The predicted molar refractivity (Wildman–Crippen MR) is 125 cm³/mol. The topological polar surface area (TPSA) is 105 Å². The number of carboxylic acids is 1. The standard InChI is InChI=1S/C23H27ClN4O4/c1-6-32-19-11-18-17(10-14(19)20(29)30)27-22(28(18)5)26-16-9-13(7-8-15(16)24)12-25-21(31)23(2,3)4/h7-11H,6,12H2,1-5H3,(H,25,31)(H,26,27)(H,29,30). The lowest BCUT2D eigenvalue weighted by Crippen LogP contribution is -2.34. The molecular weight excluding hydrogens is 432 g/mol. The summed E-state index contributed by atoms with van der Waals surface area (Å²) in [5.74, 6) is -0.348. The van der Waals surface area contributed by atoms with Crippen LogP contribution in [0.25, 0.3) is 11.0 Å². The van der Waals surface area contributed by atoms with E-state index in [4.69, 9.17) is 16.3 Å². The number of amides is 1. The smallest absolute Gasteiger partial charge is 0.339 e. The number of rotatable bonds is 7. The highest BCUT2D eigenvalue weighted by molar-refractivity contribution is 6.33. The molecule has 0 unspecified atom stereocenters. The van der Waals surface area contributed by atoms with Crippen LogP contribution >= 0.6 is 11.6 Å². The van der Waals surface area contributed by atoms with E-state index in [1.54, 1.807) is 23.6 Å². The lowest BCUT2D eigenvalue weighted by atomic mass is 9.95. The van der Waals surface area contributed by atoms with E-state index >= 15 is 0 Å². The number of carboxylic acid groups (broad SMARTS) is 1. The van der Waals surface area contributed by atoms with E-state index < -0.39 is 11.4 Å². The third-order valence-corrected chi connectivity index (χ3v) is 5.25. The molecule has 0 bridgehead atoms. The molecule has 0 aliphatic heterocycles. The van der Waals surface area contributed by atoms with Crippen molar-refractivity contribution in [3.05, 3.63) is 46.5 Å². The van der Waals surface area contributed by atoms with E-state index in [1.165, 1.54) is 6.07 Å². The molecule has 0 saturated carbocycles. The van der Waals surface area contributed by atoms with E-state index in [1.807, 2.05) is 40.0 Å². The zero-order valence-corrected chi connectivity index (χ0v) is 19.5. The summed E-state index contributed by atoms with van der Waals surface area (Å²) in [4.78, 5) is 28.3. The van der Waals surface area contributed by atoms with Crippen LogP contribution in [0.5, 0.6) is 5.75 Å². The molecule has 0 spiro atoms. The first-order chi connectivity index (χ1) is 15.0. The lowest BCUT2D eigenvalue weighted by Gasteiger charge is -2.18. The van der Waals surface area contributed by atoms with Gasteiger partial charge in [0.25, 0.3) is 0 Å². The number of carbonyl (C=O) groups excluding carboxylic acids is 1. The van der Waals surface area contributed by atoms with Gasteiger partial charge in [-0.25, -0.2) is 9.78 Å². The zero-order chi connectivity index (χ0) is 23.6. The number of hydrogen-bond donors (Lipinski definition) is 3. The van der Waals surface area contributed by atoms with Crippen LogP contribution in [-0.4, -0.2) is 33.1 Å². The Morgan fingerprint density at radius 3 is 2.56 bits per heavy atom. The second-order valence-electron chi connectivity index (χ2n) is 8.44. The number of fused-ring (bicyclic) bond motifs is 1. The van der Waals surface area contributed by atoms with Crippen LogP contribution in [-0.2, 0) is 18.4 Å². The Morgan fingerprint density at radius 2 is 1.94 bits per heavy atom. The van der Waals surface area contributed by atoms with Crippen LogP contribution in [0.3, 0.4) is 0 Å². The molecule has 0 radical (unpaired) electrons. The van der Waals surface area contributed by atoms with Crippen LogP contribution in [0.15, 0.2) is 30.3 Å². The second kappa shape index (κ2) is 9.08. The summed E-state index contributed by atoms with van der Waals surface area (Å²) in [6, 6.07) is 8.60. The van der Waals surface area contributed by atoms with Crippen molar-refractivity contribution in [1.29, 1.82) is 0 Å². The minimum atomic E-state index is -1.08. The molecule has 2 aromatic carbocycles. The first-order valence-electron chi connectivity index (χ1n) is 10.2. The van der Waals surface area contributed by atoms with Crippen LogP contribution in [0, 0.1) is 5.41 Å². The first-order valence-corrected chi connectivity index (χ1v) is 10.6. The summed E-state index contributed by atoms with van der Waals surface area (Å²) in [5, 5.41) is 16.1. The number of halogens is 1. The molecule has 1 amide bonds. The van der Waals surface area contributed by atoms with Gasteiger partial charge >= 0.3 is 5.97 Å². The molecule has 3 N–H and O–H groups in total. The summed E-state index contributed by atoms with van der Waals surface area (Å²) < 4.78 is 7.30. The SMILES string of the molecule is CCOc1cc2c(cc1C(=O)O)nc(Nc1cc(CNC(=O)C(C)(C)C)ccc1Cl)n2C. The van der Waals surface area contributed by atoms with Crippen molar-refractivity contribution < 1.29 is 19.4 Å². The predicted octanol–water partition coefficient (Wildman–Crippen LogP) is 4.73. The van der Waals surface area contributed by atoms with Crippen molar-refractivity contribution >= 4 is 46.1 Å². The summed E-state index contributed by atoms with van der Waals surface area (Å²) in [7, 11) is 1.81. The average molecular weight is 459 g/mol. The monoisotopic (exact) mass is 458 g/mol. The molecule has 9 heteroatoms. The molecule has 0 atom stereocenters. The van der Waals surface area contributed by atoms with E-state index in [0.717, 1.165) is 5.56 Å². The molecule has 32 heavy (non-hydrogen) atoms. The zero-order valence-electron chi connectivity index (χ0n) is 18.7. The van der Waals surface area contributed by atoms with Crippen molar-refractivity contribution in [3.8, 4) is 5.75 Å². The normalized spacial score (nSPS) is 11.4. The van der Waals surface area contributed by atoms with Gasteiger partial charge in [0.1, 0.15) is 11.3 Å². The maximum atomic E-state index is 12.2.